The molecule has 1 fully saturated rings. The average Bonchev–Trinajstić information content (AvgIpc) is 2.77. The molecule has 1 N–H and O–H groups in total. The largest absolute Gasteiger partial charge is 0.468 e. The minimum absolute atomic E-state index is 0.138. The summed E-state index contributed by atoms with van der Waals surface area (Å²) in [4.78, 5) is 13.8. The van der Waals surface area contributed by atoms with Crippen LogP contribution in [0.2, 0.25) is 0 Å². The summed E-state index contributed by atoms with van der Waals surface area (Å²) in [7, 11) is 1.45. The molecule has 0 saturated carbocycles. The average molecular weight is 228 g/mol. The summed E-state index contributed by atoms with van der Waals surface area (Å²) in [5.74, 6) is 0.534. The molecule has 0 amide bonds. The third kappa shape index (κ3) is 3.76. The van der Waals surface area contributed by atoms with Crippen LogP contribution in [0.15, 0.2) is 0 Å². The van der Waals surface area contributed by atoms with Gasteiger partial charge in [-0.25, -0.2) is 0 Å². The van der Waals surface area contributed by atoms with Crippen LogP contribution in [0.4, 0.5) is 0 Å². The maximum absolute atomic E-state index is 11.4. The topological polar surface area (TPSA) is 41.6 Å². The third-order valence-corrected chi connectivity index (χ3v) is 3.36. The van der Waals surface area contributed by atoms with Crippen molar-refractivity contribution >= 4 is 5.97 Å². The monoisotopic (exact) mass is 228 g/mol. The predicted molar refractivity (Wildman–Crippen MR) is 64.3 cm³/mol. The maximum atomic E-state index is 11.4. The SMILES string of the molecule is CCC(NCC1CCN(CC)C1)C(=O)OC. The number of nitrogens with one attached hydrogen (secondary N) is 1. The van der Waals surface area contributed by atoms with E-state index in [9.17, 15) is 4.79 Å². The molecule has 1 aliphatic heterocycles. The Morgan fingerprint density at radius 1 is 1.56 bits per heavy atom. The van der Waals surface area contributed by atoms with E-state index in [1.807, 2.05) is 6.92 Å². The van der Waals surface area contributed by atoms with Crippen molar-refractivity contribution < 1.29 is 9.53 Å². The number of carbonyl (C=O) groups excluding carboxylic acids is 1. The smallest absolute Gasteiger partial charge is 0.322 e. The summed E-state index contributed by atoms with van der Waals surface area (Å²) >= 11 is 0. The van der Waals surface area contributed by atoms with Crippen molar-refractivity contribution in [3.8, 4) is 0 Å². The number of hydrogen-bond acceptors (Lipinski definition) is 4. The van der Waals surface area contributed by atoms with Crippen molar-refractivity contribution in [3.63, 3.8) is 0 Å². The van der Waals surface area contributed by atoms with E-state index in [0.717, 1.165) is 26.1 Å². The van der Waals surface area contributed by atoms with Gasteiger partial charge in [0, 0.05) is 13.1 Å². The van der Waals surface area contributed by atoms with Gasteiger partial charge in [-0.15, -0.1) is 0 Å². The highest BCUT2D eigenvalue weighted by Gasteiger charge is 2.23. The van der Waals surface area contributed by atoms with E-state index >= 15 is 0 Å². The second-order valence-corrected chi connectivity index (χ2v) is 4.44. The predicted octanol–water partition coefficient (Wildman–Crippen LogP) is 0.869. The van der Waals surface area contributed by atoms with Gasteiger partial charge in [0.2, 0.25) is 0 Å². The Morgan fingerprint density at radius 2 is 2.31 bits per heavy atom. The van der Waals surface area contributed by atoms with Crippen LogP contribution >= 0.6 is 0 Å². The second kappa shape index (κ2) is 6.86. The van der Waals surface area contributed by atoms with Crippen molar-refractivity contribution in [1.29, 1.82) is 0 Å². The van der Waals surface area contributed by atoms with Gasteiger partial charge in [0.25, 0.3) is 0 Å². The quantitative estimate of drug-likeness (QED) is 0.685. The molecule has 4 heteroatoms. The highest BCUT2D eigenvalue weighted by Crippen LogP contribution is 2.14. The van der Waals surface area contributed by atoms with E-state index in [2.05, 4.69) is 17.1 Å². The van der Waals surface area contributed by atoms with Crippen LogP contribution in [-0.2, 0) is 9.53 Å². The maximum Gasteiger partial charge on any atom is 0.322 e. The van der Waals surface area contributed by atoms with Gasteiger partial charge < -0.3 is 15.0 Å². The van der Waals surface area contributed by atoms with Crippen molar-refractivity contribution in [1.82, 2.24) is 10.2 Å². The molecule has 0 bridgehead atoms. The molecule has 0 radical (unpaired) electrons. The third-order valence-electron chi connectivity index (χ3n) is 3.36. The van der Waals surface area contributed by atoms with Crippen molar-refractivity contribution in [2.75, 3.05) is 33.3 Å². The number of hydrogen-bond donors (Lipinski definition) is 1. The van der Waals surface area contributed by atoms with E-state index < -0.39 is 0 Å². The summed E-state index contributed by atoms with van der Waals surface area (Å²) in [5, 5.41) is 3.31. The van der Waals surface area contributed by atoms with Crippen molar-refractivity contribution in [3.05, 3.63) is 0 Å². The first-order valence-corrected chi connectivity index (χ1v) is 6.24. The minimum Gasteiger partial charge on any atom is -0.468 e. The molecule has 0 spiro atoms. The lowest BCUT2D eigenvalue weighted by atomic mass is 10.1. The number of ether oxygens (including phenoxy) is 1. The molecule has 0 aliphatic carbocycles. The van der Waals surface area contributed by atoms with Gasteiger partial charge >= 0.3 is 5.97 Å². The van der Waals surface area contributed by atoms with E-state index in [4.69, 9.17) is 4.74 Å². The number of likely N-dealkylation sites (tertiary alicyclic amines) is 1. The first-order chi connectivity index (χ1) is 7.71. The first-order valence-electron chi connectivity index (χ1n) is 6.24. The lowest BCUT2D eigenvalue weighted by Gasteiger charge is -2.18. The molecule has 2 unspecified atom stereocenters. The molecular formula is C12H24N2O2. The highest BCUT2D eigenvalue weighted by atomic mass is 16.5. The van der Waals surface area contributed by atoms with Gasteiger partial charge in [-0.05, 0) is 31.8 Å². The Bertz CT molecular complexity index is 221. The van der Waals surface area contributed by atoms with Crippen LogP contribution in [0.3, 0.4) is 0 Å². The van der Waals surface area contributed by atoms with Crippen molar-refractivity contribution in [2.24, 2.45) is 5.92 Å². The first kappa shape index (κ1) is 13.5. The number of carbonyl (C=O) groups is 1. The summed E-state index contributed by atoms with van der Waals surface area (Å²) in [6, 6.07) is -0.138. The van der Waals surface area contributed by atoms with Crippen LogP contribution in [-0.4, -0.2) is 50.2 Å². The number of methoxy groups -OCH3 is 1. The van der Waals surface area contributed by atoms with Crippen LogP contribution in [0, 0.1) is 5.92 Å². The Kier molecular flexibility index (Phi) is 5.77. The van der Waals surface area contributed by atoms with Gasteiger partial charge in [-0.3, -0.25) is 4.79 Å². The van der Waals surface area contributed by atoms with Crippen LogP contribution in [0.25, 0.3) is 0 Å². The molecule has 1 aliphatic rings. The summed E-state index contributed by atoms with van der Waals surface area (Å²) in [5.41, 5.74) is 0. The lowest BCUT2D eigenvalue weighted by Crippen LogP contribution is -2.40. The van der Waals surface area contributed by atoms with E-state index in [-0.39, 0.29) is 12.0 Å². The minimum atomic E-state index is -0.146. The van der Waals surface area contributed by atoms with Crippen LogP contribution in [0.1, 0.15) is 26.7 Å². The molecule has 1 rings (SSSR count). The molecule has 4 nitrogen and oxygen atoms in total. The van der Waals surface area contributed by atoms with Gasteiger partial charge in [0.15, 0.2) is 0 Å². The van der Waals surface area contributed by atoms with Crippen LogP contribution in [0.5, 0.6) is 0 Å². The summed E-state index contributed by atoms with van der Waals surface area (Å²) in [6.07, 6.45) is 2.02. The Morgan fingerprint density at radius 3 is 2.81 bits per heavy atom. The fourth-order valence-electron chi connectivity index (χ4n) is 2.21. The fraction of sp³-hybridized carbons (Fsp3) is 0.917. The summed E-state index contributed by atoms with van der Waals surface area (Å²) in [6.45, 7) is 8.59. The lowest BCUT2D eigenvalue weighted by molar-refractivity contribution is -0.143. The van der Waals surface area contributed by atoms with Gasteiger partial charge in [0.05, 0.1) is 7.11 Å². The zero-order chi connectivity index (χ0) is 12.0. The molecular weight excluding hydrogens is 204 g/mol. The van der Waals surface area contributed by atoms with E-state index in [1.54, 1.807) is 0 Å². The zero-order valence-corrected chi connectivity index (χ0v) is 10.7. The van der Waals surface area contributed by atoms with Gasteiger partial charge in [-0.2, -0.15) is 0 Å². The molecule has 1 heterocycles. The molecule has 2 atom stereocenters. The normalized spacial score (nSPS) is 23.3. The zero-order valence-electron chi connectivity index (χ0n) is 10.7. The molecule has 0 aromatic heterocycles. The number of esters is 1. The van der Waals surface area contributed by atoms with Crippen molar-refractivity contribution in [2.45, 2.75) is 32.7 Å². The molecule has 1 saturated heterocycles. The molecule has 16 heavy (non-hydrogen) atoms. The standard InChI is InChI=1S/C12H24N2O2/c1-4-11(12(15)16-3)13-8-10-6-7-14(5-2)9-10/h10-11,13H,4-9H2,1-3H3. The molecule has 0 aromatic rings. The second-order valence-electron chi connectivity index (χ2n) is 4.44. The molecule has 94 valence electrons. The Labute approximate surface area is 98.3 Å². The van der Waals surface area contributed by atoms with E-state index in [0.29, 0.717) is 5.92 Å². The Hall–Kier alpha value is -0.610. The molecule has 0 aromatic carbocycles. The summed E-state index contributed by atoms with van der Waals surface area (Å²) < 4.78 is 4.75. The fourth-order valence-corrected chi connectivity index (χ4v) is 2.21. The highest BCUT2D eigenvalue weighted by molar-refractivity contribution is 5.75. The van der Waals surface area contributed by atoms with Gasteiger partial charge in [0.1, 0.15) is 6.04 Å². The van der Waals surface area contributed by atoms with E-state index in [1.165, 1.54) is 20.1 Å². The Balaban J connectivity index is 2.25. The number of nitrogens with zero attached hydrogens (tertiary/aromatic N) is 1. The number of rotatable bonds is 6. The van der Waals surface area contributed by atoms with Crippen LogP contribution < -0.4 is 5.32 Å². The van der Waals surface area contributed by atoms with Gasteiger partial charge in [-0.1, -0.05) is 13.8 Å².